The number of methoxy groups -OCH3 is 2. The first-order valence-electron chi connectivity index (χ1n) is 8.58. The van der Waals surface area contributed by atoms with Gasteiger partial charge in [-0.05, 0) is 41.5 Å². The summed E-state index contributed by atoms with van der Waals surface area (Å²) >= 11 is 0. The standard InChI is InChI=1S/C21H22O6/c1-23-17-7-3-16(4-8-17)14-27-19-9-5-15(6-10-20(22)24-2)13-18(19)21-25-11-12-26-21/h3-10,13,21H,11-12,14H2,1-2H3/b10-6+. The van der Waals surface area contributed by atoms with Crippen LogP contribution in [0.4, 0.5) is 0 Å². The highest BCUT2D eigenvalue weighted by molar-refractivity contribution is 5.87. The van der Waals surface area contributed by atoms with Gasteiger partial charge in [-0.1, -0.05) is 18.2 Å². The molecule has 0 saturated carbocycles. The molecule has 0 atom stereocenters. The third-order valence-corrected chi connectivity index (χ3v) is 4.08. The van der Waals surface area contributed by atoms with E-state index >= 15 is 0 Å². The zero-order valence-corrected chi connectivity index (χ0v) is 15.3. The molecule has 6 heteroatoms. The first-order valence-corrected chi connectivity index (χ1v) is 8.58. The highest BCUT2D eigenvalue weighted by atomic mass is 16.7. The van der Waals surface area contributed by atoms with Crippen molar-refractivity contribution in [2.24, 2.45) is 0 Å². The van der Waals surface area contributed by atoms with Gasteiger partial charge in [-0.15, -0.1) is 0 Å². The van der Waals surface area contributed by atoms with Crippen LogP contribution in [0.25, 0.3) is 6.08 Å². The maximum absolute atomic E-state index is 11.3. The van der Waals surface area contributed by atoms with Crippen molar-refractivity contribution in [3.05, 3.63) is 65.2 Å². The van der Waals surface area contributed by atoms with Gasteiger partial charge in [0.1, 0.15) is 18.1 Å². The monoisotopic (exact) mass is 370 g/mol. The average molecular weight is 370 g/mol. The van der Waals surface area contributed by atoms with E-state index < -0.39 is 12.3 Å². The van der Waals surface area contributed by atoms with Crippen LogP contribution in [0.5, 0.6) is 11.5 Å². The average Bonchev–Trinajstić information content (AvgIpc) is 3.25. The summed E-state index contributed by atoms with van der Waals surface area (Å²) in [5.74, 6) is 1.06. The molecule has 0 unspecified atom stereocenters. The predicted octanol–water partition coefficient (Wildman–Crippen LogP) is 3.51. The second kappa shape index (κ2) is 9.21. The lowest BCUT2D eigenvalue weighted by atomic mass is 10.1. The highest BCUT2D eigenvalue weighted by Gasteiger charge is 2.22. The Morgan fingerprint density at radius 2 is 1.85 bits per heavy atom. The van der Waals surface area contributed by atoms with Gasteiger partial charge in [0.15, 0.2) is 6.29 Å². The van der Waals surface area contributed by atoms with Crippen LogP contribution < -0.4 is 9.47 Å². The van der Waals surface area contributed by atoms with Gasteiger partial charge in [0.05, 0.1) is 33.0 Å². The molecule has 0 aromatic heterocycles. The summed E-state index contributed by atoms with van der Waals surface area (Å²) in [6.45, 7) is 1.47. The molecule has 6 nitrogen and oxygen atoms in total. The van der Waals surface area contributed by atoms with Crippen LogP contribution >= 0.6 is 0 Å². The van der Waals surface area contributed by atoms with E-state index in [9.17, 15) is 4.79 Å². The number of hydrogen-bond acceptors (Lipinski definition) is 6. The van der Waals surface area contributed by atoms with Crippen LogP contribution in [0, 0.1) is 0 Å². The van der Waals surface area contributed by atoms with Crippen molar-refractivity contribution in [1.82, 2.24) is 0 Å². The summed E-state index contributed by atoms with van der Waals surface area (Å²) < 4.78 is 27.0. The van der Waals surface area contributed by atoms with Crippen molar-refractivity contribution in [3.63, 3.8) is 0 Å². The fraction of sp³-hybridized carbons (Fsp3) is 0.286. The number of carbonyl (C=O) groups is 1. The molecule has 2 aromatic rings. The summed E-state index contributed by atoms with van der Waals surface area (Å²) in [4.78, 5) is 11.3. The SMILES string of the molecule is COC(=O)/C=C/c1ccc(OCc2ccc(OC)cc2)c(C2OCCO2)c1. The number of esters is 1. The zero-order chi connectivity index (χ0) is 19.1. The van der Waals surface area contributed by atoms with Crippen LogP contribution in [0.3, 0.4) is 0 Å². The van der Waals surface area contributed by atoms with E-state index in [0.29, 0.717) is 25.6 Å². The number of rotatable bonds is 7. The lowest BCUT2D eigenvalue weighted by Gasteiger charge is -2.16. The summed E-state index contributed by atoms with van der Waals surface area (Å²) in [5, 5.41) is 0. The van der Waals surface area contributed by atoms with E-state index in [2.05, 4.69) is 4.74 Å². The third kappa shape index (κ3) is 5.09. The minimum atomic E-state index is -0.484. The summed E-state index contributed by atoms with van der Waals surface area (Å²) in [6, 6.07) is 13.3. The summed E-state index contributed by atoms with van der Waals surface area (Å²) in [5.41, 5.74) is 2.63. The molecule has 0 spiro atoms. The second-order valence-corrected chi connectivity index (χ2v) is 5.86. The van der Waals surface area contributed by atoms with Crippen molar-refractivity contribution in [1.29, 1.82) is 0 Å². The molecule has 3 rings (SSSR count). The maximum atomic E-state index is 11.3. The van der Waals surface area contributed by atoms with Crippen molar-refractivity contribution in [2.75, 3.05) is 27.4 Å². The smallest absolute Gasteiger partial charge is 0.330 e. The maximum Gasteiger partial charge on any atom is 0.330 e. The van der Waals surface area contributed by atoms with Gasteiger partial charge < -0.3 is 23.7 Å². The molecule has 27 heavy (non-hydrogen) atoms. The Kier molecular flexibility index (Phi) is 6.46. The Hall–Kier alpha value is -2.83. The minimum Gasteiger partial charge on any atom is -0.497 e. The zero-order valence-electron chi connectivity index (χ0n) is 15.3. The van der Waals surface area contributed by atoms with Gasteiger partial charge in [0, 0.05) is 6.08 Å². The first-order chi connectivity index (χ1) is 13.2. The molecule has 0 radical (unpaired) electrons. The normalized spacial score (nSPS) is 14.4. The van der Waals surface area contributed by atoms with Gasteiger partial charge in [-0.3, -0.25) is 0 Å². The molecule has 142 valence electrons. The molecular formula is C21H22O6. The number of hydrogen-bond donors (Lipinski definition) is 0. The molecule has 1 saturated heterocycles. The predicted molar refractivity (Wildman–Crippen MR) is 99.5 cm³/mol. The molecule has 1 heterocycles. The van der Waals surface area contributed by atoms with Crippen LogP contribution in [0.2, 0.25) is 0 Å². The number of benzene rings is 2. The van der Waals surface area contributed by atoms with Crippen LogP contribution in [0.1, 0.15) is 23.0 Å². The largest absolute Gasteiger partial charge is 0.497 e. The van der Waals surface area contributed by atoms with E-state index in [4.69, 9.17) is 18.9 Å². The Bertz CT molecular complexity index is 791. The van der Waals surface area contributed by atoms with Crippen LogP contribution in [-0.2, 0) is 25.6 Å². The van der Waals surface area contributed by atoms with E-state index in [-0.39, 0.29) is 0 Å². The molecule has 1 aliphatic rings. The Labute approximate surface area is 158 Å². The molecule has 1 aliphatic heterocycles. The van der Waals surface area contributed by atoms with Gasteiger partial charge in [0.2, 0.25) is 0 Å². The second-order valence-electron chi connectivity index (χ2n) is 5.86. The quantitative estimate of drug-likeness (QED) is 0.549. The molecule has 0 bridgehead atoms. The van der Waals surface area contributed by atoms with E-state index in [1.54, 1.807) is 13.2 Å². The van der Waals surface area contributed by atoms with E-state index in [1.807, 2.05) is 42.5 Å². The van der Waals surface area contributed by atoms with Crippen molar-refractivity contribution in [3.8, 4) is 11.5 Å². The van der Waals surface area contributed by atoms with Gasteiger partial charge in [0.25, 0.3) is 0 Å². The molecule has 0 aliphatic carbocycles. The summed E-state index contributed by atoms with van der Waals surface area (Å²) in [6.07, 6.45) is 2.56. The summed E-state index contributed by atoms with van der Waals surface area (Å²) in [7, 11) is 2.98. The highest BCUT2D eigenvalue weighted by Crippen LogP contribution is 2.33. The minimum absolute atomic E-state index is 0.404. The van der Waals surface area contributed by atoms with Crippen LogP contribution in [0.15, 0.2) is 48.5 Å². The molecule has 1 fully saturated rings. The topological polar surface area (TPSA) is 63.2 Å². The van der Waals surface area contributed by atoms with Crippen LogP contribution in [-0.4, -0.2) is 33.4 Å². The van der Waals surface area contributed by atoms with Gasteiger partial charge >= 0.3 is 5.97 Å². The van der Waals surface area contributed by atoms with Gasteiger partial charge in [-0.2, -0.15) is 0 Å². The fourth-order valence-corrected chi connectivity index (χ4v) is 2.64. The Morgan fingerprint density at radius 3 is 2.52 bits per heavy atom. The van der Waals surface area contributed by atoms with Crippen molar-refractivity contribution < 1.29 is 28.5 Å². The lowest BCUT2D eigenvalue weighted by molar-refractivity contribution is -0.134. The fourth-order valence-electron chi connectivity index (χ4n) is 2.64. The molecule has 2 aromatic carbocycles. The van der Waals surface area contributed by atoms with Crippen molar-refractivity contribution in [2.45, 2.75) is 12.9 Å². The molecular weight excluding hydrogens is 348 g/mol. The number of ether oxygens (including phenoxy) is 5. The molecule has 0 N–H and O–H groups in total. The van der Waals surface area contributed by atoms with Gasteiger partial charge in [-0.25, -0.2) is 4.79 Å². The Balaban J connectivity index is 1.77. The lowest BCUT2D eigenvalue weighted by Crippen LogP contribution is -2.04. The van der Waals surface area contributed by atoms with E-state index in [0.717, 1.165) is 22.4 Å². The Morgan fingerprint density at radius 1 is 1.11 bits per heavy atom. The third-order valence-electron chi connectivity index (χ3n) is 4.08. The first kappa shape index (κ1) is 18.9. The van der Waals surface area contributed by atoms with E-state index in [1.165, 1.54) is 13.2 Å². The number of carbonyl (C=O) groups excluding carboxylic acids is 1. The molecule has 0 amide bonds. The van der Waals surface area contributed by atoms with Crippen molar-refractivity contribution >= 4 is 12.0 Å².